The normalized spacial score (nSPS) is 16.6. The van der Waals surface area contributed by atoms with Crippen LogP contribution in [0.2, 0.25) is 0 Å². The highest BCUT2D eigenvalue weighted by atomic mass is 16.5. The van der Waals surface area contributed by atoms with Gasteiger partial charge in [0.2, 0.25) is 0 Å². The van der Waals surface area contributed by atoms with Crippen LogP contribution in [0.4, 0.5) is 0 Å². The molecule has 20 heavy (non-hydrogen) atoms. The first-order chi connectivity index (χ1) is 9.40. The molecule has 1 atom stereocenters. The van der Waals surface area contributed by atoms with Gasteiger partial charge in [-0.1, -0.05) is 25.9 Å². The third kappa shape index (κ3) is 3.60. The molecule has 1 aromatic heterocycles. The van der Waals surface area contributed by atoms with Crippen LogP contribution in [0, 0.1) is 5.41 Å². The van der Waals surface area contributed by atoms with Crippen LogP contribution in [0.25, 0.3) is 0 Å². The first-order valence-corrected chi connectivity index (χ1v) is 7.30. The second kappa shape index (κ2) is 5.95. The van der Waals surface area contributed by atoms with E-state index in [1.807, 2.05) is 0 Å². The number of fused-ring (bicyclic) bond motifs is 1. The van der Waals surface area contributed by atoms with Crippen LogP contribution >= 0.6 is 0 Å². The van der Waals surface area contributed by atoms with E-state index in [0.29, 0.717) is 5.69 Å². The molecule has 0 radical (unpaired) electrons. The zero-order valence-electron chi connectivity index (χ0n) is 12.5. The molecule has 5 heteroatoms. The topological polar surface area (TPSA) is 75.4 Å². The molecular formula is C15H24N2O3. The van der Waals surface area contributed by atoms with Gasteiger partial charge in [-0.25, -0.2) is 0 Å². The van der Waals surface area contributed by atoms with Crippen LogP contribution in [0.3, 0.4) is 0 Å². The van der Waals surface area contributed by atoms with Gasteiger partial charge >= 0.3 is 0 Å². The summed E-state index contributed by atoms with van der Waals surface area (Å²) in [6.45, 7) is 6.18. The lowest BCUT2D eigenvalue weighted by Gasteiger charge is -2.25. The second-order valence-electron chi connectivity index (χ2n) is 6.76. The van der Waals surface area contributed by atoms with Gasteiger partial charge in [-0.15, -0.1) is 0 Å². The quantitative estimate of drug-likeness (QED) is 0.885. The number of aliphatic hydroxyl groups is 1. The van der Waals surface area contributed by atoms with Crippen LogP contribution in [0.5, 0.6) is 0 Å². The number of aliphatic hydroxyl groups excluding tert-OH is 1. The number of hydrogen-bond acceptors (Lipinski definition) is 4. The number of nitrogens with one attached hydrogen (secondary N) is 1. The van der Waals surface area contributed by atoms with Crippen molar-refractivity contribution in [2.45, 2.75) is 58.9 Å². The Hall–Kier alpha value is -1.36. The lowest BCUT2D eigenvalue weighted by molar-refractivity contribution is 0.0887. The van der Waals surface area contributed by atoms with Gasteiger partial charge in [-0.2, -0.15) is 0 Å². The van der Waals surface area contributed by atoms with Crippen LogP contribution in [0.15, 0.2) is 4.52 Å². The number of carbonyl (C=O) groups excluding carboxylic acids is 1. The van der Waals surface area contributed by atoms with E-state index >= 15 is 0 Å². The molecule has 1 heterocycles. The van der Waals surface area contributed by atoms with Crippen LogP contribution in [-0.4, -0.2) is 28.8 Å². The molecule has 2 rings (SSSR count). The Balaban J connectivity index is 2.06. The fourth-order valence-electron chi connectivity index (χ4n) is 2.72. The number of hydrogen-bond donors (Lipinski definition) is 2. The lowest BCUT2D eigenvalue weighted by atomic mass is 9.88. The number of aromatic nitrogens is 1. The molecule has 1 aliphatic rings. The molecule has 0 bridgehead atoms. The maximum absolute atomic E-state index is 12.3. The fraction of sp³-hybridized carbons (Fsp3) is 0.733. The first-order valence-electron chi connectivity index (χ1n) is 7.30. The molecule has 1 amide bonds. The van der Waals surface area contributed by atoms with Crippen LogP contribution in [0.1, 0.15) is 61.8 Å². The summed E-state index contributed by atoms with van der Waals surface area (Å²) >= 11 is 0. The van der Waals surface area contributed by atoms with E-state index in [1.54, 1.807) is 0 Å². The first kappa shape index (κ1) is 15.0. The zero-order chi connectivity index (χ0) is 14.8. The largest absolute Gasteiger partial charge is 0.394 e. The summed E-state index contributed by atoms with van der Waals surface area (Å²) in [5.74, 6) is 0.609. The monoisotopic (exact) mass is 280 g/mol. The van der Waals surface area contributed by atoms with Gasteiger partial charge in [0, 0.05) is 12.0 Å². The summed E-state index contributed by atoms with van der Waals surface area (Å²) in [6.07, 6.45) is 4.59. The average Bonchev–Trinajstić information content (AvgIpc) is 2.80. The standard InChI is InChI=1S/C15H24N2O3/c1-15(2,3)8-10(9-18)16-14(19)13-11-6-4-5-7-12(11)20-17-13/h10,18H,4-9H2,1-3H3,(H,16,19). The van der Waals surface area contributed by atoms with E-state index in [-0.39, 0.29) is 24.0 Å². The van der Waals surface area contributed by atoms with Crippen molar-refractivity contribution in [2.24, 2.45) is 5.41 Å². The van der Waals surface area contributed by atoms with Crippen molar-refractivity contribution in [1.29, 1.82) is 0 Å². The van der Waals surface area contributed by atoms with Crippen molar-refractivity contribution >= 4 is 5.91 Å². The molecule has 0 fully saturated rings. The Morgan fingerprint density at radius 3 is 2.75 bits per heavy atom. The van der Waals surface area contributed by atoms with Gasteiger partial charge in [0.1, 0.15) is 5.76 Å². The predicted molar refractivity (Wildman–Crippen MR) is 75.6 cm³/mol. The van der Waals surface area contributed by atoms with Gasteiger partial charge in [0.25, 0.3) is 5.91 Å². The molecule has 0 aliphatic heterocycles. The summed E-state index contributed by atoms with van der Waals surface area (Å²) < 4.78 is 5.25. The zero-order valence-corrected chi connectivity index (χ0v) is 12.5. The van der Waals surface area contributed by atoms with E-state index in [4.69, 9.17) is 4.52 Å². The minimum atomic E-state index is -0.251. The molecule has 0 saturated carbocycles. The fourth-order valence-corrected chi connectivity index (χ4v) is 2.72. The minimum absolute atomic E-state index is 0.0456. The molecular weight excluding hydrogens is 256 g/mol. The van der Waals surface area contributed by atoms with Gasteiger partial charge in [-0.3, -0.25) is 4.79 Å². The molecule has 5 nitrogen and oxygen atoms in total. The van der Waals surface area contributed by atoms with E-state index < -0.39 is 0 Å². The molecule has 0 spiro atoms. The van der Waals surface area contributed by atoms with E-state index in [1.165, 1.54) is 0 Å². The van der Waals surface area contributed by atoms with Crippen molar-refractivity contribution in [3.8, 4) is 0 Å². The highest BCUT2D eigenvalue weighted by Gasteiger charge is 2.26. The maximum atomic E-state index is 12.3. The van der Waals surface area contributed by atoms with Crippen molar-refractivity contribution in [2.75, 3.05) is 6.61 Å². The molecule has 112 valence electrons. The molecule has 1 aromatic rings. The van der Waals surface area contributed by atoms with Gasteiger partial charge in [-0.05, 0) is 31.1 Å². The Morgan fingerprint density at radius 1 is 1.40 bits per heavy atom. The third-order valence-corrected chi connectivity index (χ3v) is 3.58. The maximum Gasteiger partial charge on any atom is 0.274 e. The summed E-state index contributed by atoms with van der Waals surface area (Å²) in [5.41, 5.74) is 1.39. The number of nitrogens with zero attached hydrogens (tertiary/aromatic N) is 1. The van der Waals surface area contributed by atoms with Crippen molar-refractivity contribution < 1.29 is 14.4 Å². The van der Waals surface area contributed by atoms with Crippen molar-refractivity contribution in [1.82, 2.24) is 10.5 Å². The smallest absolute Gasteiger partial charge is 0.274 e. The summed E-state index contributed by atoms with van der Waals surface area (Å²) in [4.78, 5) is 12.3. The van der Waals surface area contributed by atoms with Crippen LogP contribution < -0.4 is 5.32 Å². The third-order valence-electron chi connectivity index (χ3n) is 3.58. The summed E-state index contributed by atoms with van der Waals surface area (Å²) in [6, 6.07) is -0.251. The Labute approximate surface area is 119 Å². The Bertz CT molecular complexity index is 474. The Kier molecular flexibility index (Phi) is 4.48. The average molecular weight is 280 g/mol. The number of carbonyl (C=O) groups is 1. The predicted octanol–water partition coefficient (Wildman–Crippen LogP) is 2.08. The van der Waals surface area contributed by atoms with E-state index in [2.05, 4.69) is 31.2 Å². The number of amides is 1. The minimum Gasteiger partial charge on any atom is -0.394 e. The Morgan fingerprint density at radius 2 is 2.10 bits per heavy atom. The lowest BCUT2D eigenvalue weighted by Crippen LogP contribution is -2.40. The molecule has 0 saturated heterocycles. The molecule has 2 N–H and O–H groups in total. The van der Waals surface area contributed by atoms with E-state index in [0.717, 1.165) is 43.4 Å². The highest BCUT2D eigenvalue weighted by molar-refractivity contribution is 5.94. The van der Waals surface area contributed by atoms with Gasteiger partial charge in [0.15, 0.2) is 5.69 Å². The van der Waals surface area contributed by atoms with Gasteiger partial charge < -0.3 is 14.9 Å². The van der Waals surface area contributed by atoms with Crippen molar-refractivity contribution in [3.05, 3.63) is 17.0 Å². The molecule has 1 aliphatic carbocycles. The van der Waals surface area contributed by atoms with Gasteiger partial charge in [0.05, 0.1) is 12.6 Å². The highest BCUT2D eigenvalue weighted by Crippen LogP contribution is 2.25. The van der Waals surface area contributed by atoms with Crippen LogP contribution in [-0.2, 0) is 12.8 Å². The number of aryl methyl sites for hydroxylation is 1. The number of rotatable bonds is 4. The van der Waals surface area contributed by atoms with Crippen molar-refractivity contribution in [3.63, 3.8) is 0 Å². The summed E-state index contributed by atoms with van der Waals surface area (Å²) in [7, 11) is 0. The SMILES string of the molecule is CC(C)(C)CC(CO)NC(=O)c1noc2c1CCCC2. The summed E-state index contributed by atoms with van der Waals surface area (Å²) in [5, 5.41) is 16.2. The molecule has 0 aromatic carbocycles. The van der Waals surface area contributed by atoms with E-state index in [9.17, 15) is 9.90 Å². The molecule has 1 unspecified atom stereocenters. The second-order valence-corrected chi connectivity index (χ2v) is 6.76.